The molecule has 0 aliphatic carbocycles. The van der Waals surface area contributed by atoms with Gasteiger partial charge in [-0.3, -0.25) is 0 Å². The van der Waals surface area contributed by atoms with Gasteiger partial charge in [0.1, 0.15) is 6.07 Å². The van der Waals surface area contributed by atoms with E-state index in [4.69, 9.17) is 16.5 Å². The summed E-state index contributed by atoms with van der Waals surface area (Å²) < 4.78 is 4.65. The molecule has 0 aromatic rings. The van der Waals surface area contributed by atoms with Crippen molar-refractivity contribution in [1.29, 1.82) is 0 Å². The summed E-state index contributed by atoms with van der Waals surface area (Å²) in [5.41, 5.74) is -0.296. The Hall–Kier alpha value is 0.170. The molecule has 0 spiro atoms. The summed E-state index contributed by atoms with van der Waals surface area (Å²) in [7, 11) is 0. The van der Waals surface area contributed by atoms with Gasteiger partial charge in [0.15, 0.2) is 6.79 Å². The Morgan fingerprint density at radius 1 is 1.30 bits per heavy atom. The second-order valence-corrected chi connectivity index (χ2v) is 2.96. The molecule has 0 aliphatic rings. The van der Waals surface area contributed by atoms with Crippen molar-refractivity contribution in [3.8, 4) is 0 Å². The number of halogens is 1. The third-order valence-corrected chi connectivity index (χ3v) is 0.672. The first-order valence-corrected chi connectivity index (χ1v) is 3.54. The van der Waals surface area contributed by atoms with Crippen LogP contribution in [0.15, 0.2) is 0 Å². The smallest absolute Gasteiger partial charge is 0.182 e. The lowest BCUT2D eigenvalue weighted by Gasteiger charge is -2.16. The minimum atomic E-state index is -0.296. The lowest BCUT2D eigenvalue weighted by atomic mass is 10.2. The predicted molar refractivity (Wildman–Crippen MR) is 38.6 cm³/mol. The summed E-state index contributed by atoms with van der Waals surface area (Å²) in [4.78, 5) is 9.48. The van der Waals surface area contributed by atoms with E-state index < -0.39 is 0 Å². The zero-order valence-corrected chi connectivity index (χ0v) is 7.27. The van der Waals surface area contributed by atoms with E-state index in [-0.39, 0.29) is 18.5 Å². The highest BCUT2D eigenvalue weighted by Crippen LogP contribution is 2.06. The number of alkyl halides is 1. The van der Waals surface area contributed by atoms with Gasteiger partial charge in [-0.1, -0.05) is 11.6 Å². The molecule has 62 valence electrons. The van der Waals surface area contributed by atoms with Crippen LogP contribution in [0.25, 0.3) is 0 Å². The first-order valence-electron chi connectivity index (χ1n) is 3.00. The fourth-order valence-electron chi connectivity index (χ4n) is 0.266. The standard InChI is InChI=1S/C6H13ClO3/c1-6(2,3)10-9-5-8-4-7/h4-5H2,1-3H3. The first-order chi connectivity index (χ1) is 4.56. The summed E-state index contributed by atoms with van der Waals surface area (Å²) in [6, 6.07) is 0.119. The van der Waals surface area contributed by atoms with Gasteiger partial charge < -0.3 is 4.74 Å². The predicted octanol–water partition coefficient (Wildman–Crippen LogP) is 1.90. The summed E-state index contributed by atoms with van der Waals surface area (Å²) in [5.74, 6) is 0. The molecule has 0 N–H and O–H groups in total. The van der Waals surface area contributed by atoms with E-state index in [9.17, 15) is 0 Å². The van der Waals surface area contributed by atoms with Crippen molar-refractivity contribution in [3.63, 3.8) is 0 Å². The first kappa shape index (κ1) is 10.2. The van der Waals surface area contributed by atoms with Crippen LogP contribution >= 0.6 is 11.6 Å². The Morgan fingerprint density at radius 3 is 2.30 bits per heavy atom. The molecule has 0 aromatic carbocycles. The van der Waals surface area contributed by atoms with Gasteiger partial charge in [0.25, 0.3) is 0 Å². The summed E-state index contributed by atoms with van der Waals surface area (Å²) in [6.07, 6.45) is 0. The largest absolute Gasteiger partial charge is 0.337 e. The van der Waals surface area contributed by atoms with E-state index in [2.05, 4.69) is 9.62 Å². The van der Waals surface area contributed by atoms with Gasteiger partial charge in [0.05, 0.1) is 5.60 Å². The molecule has 0 saturated heterocycles. The summed E-state index contributed by atoms with van der Waals surface area (Å²) in [5, 5.41) is 0. The molecule has 0 fully saturated rings. The van der Waals surface area contributed by atoms with E-state index in [1.165, 1.54) is 0 Å². The quantitative estimate of drug-likeness (QED) is 0.211. The molecule has 0 aromatic heterocycles. The van der Waals surface area contributed by atoms with Crippen molar-refractivity contribution in [3.05, 3.63) is 0 Å². The molecule has 0 atom stereocenters. The van der Waals surface area contributed by atoms with E-state index in [0.29, 0.717) is 0 Å². The highest BCUT2D eigenvalue weighted by Gasteiger charge is 2.10. The van der Waals surface area contributed by atoms with Gasteiger partial charge in [0, 0.05) is 0 Å². The van der Waals surface area contributed by atoms with Crippen LogP contribution in [-0.4, -0.2) is 18.5 Å². The number of rotatable bonds is 4. The normalized spacial score (nSPS) is 12.0. The molecule has 4 heteroatoms. The monoisotopic (exact) mass is 168 g/mol. The Balaban J connectivity index is 3.04. The van der Waals surface area contributed by atoms with E-state index in [1.807, 2.05) is 20.8 Å². The van der Waals surface area contributed by atoms with Gasteiger partial charge >= 0.3 is 0 Å². The molecule has 0 radical (unpaired) electrons. The van der Waals surface area contributed by atoms with Crippen LogP contribution < -0.4 is 0 Å². The highest BCUT2D eigenvalue weighted by molar-refractivity contribution is 6.17. The van der Waals surface area contributed by atoms with Crippen LogP contribution in [0.3, 0.4) is 0 Å². The number of hydrogen-bond donors (Lipinski definition) is 0. The fourth-order valence-corrected chi connectivity index (χ4v) is 0.329. The van der Waals surface area contributed by atoms with Crippen molar-refractivity contribution in [1.82, 2.24) is 0 Å². The fraction of sp³-hybridized carbons (Fsp3) is 1.00. The number of ether oxygens (including phenoxy) is 1. The Kier molecular flexibility index (Phi) is 4.99. The Labute approximate surface area is 66.1 Å². The SMILES string of the molecule is CC(C)(C)OOCOCCl. The maximum absolute atomic E-state index is 5.19. The summed E-state index contributed by atoms with van der Waals surface area (Å²) >= 11 is 5.19. The molecule has 10 heavy (non-hydrogen) atoms. The van der Waals surface area contributed by atoms with Crippen molar-refractivity contribution in [2.45, 2.75) is 26.4 Å². The average Bonchev–Trinajstić information content (AvgIpc) is 1.78. The van der Waals surface area contributed by atoms with E-state index >= 15 is 0 Å². The molecule has 0 amide bonds. The van der Waals surface area contributed by atoms with Crippen LogP contribution in [0.5, 0.6) is 0 Å². The van der Waals surface area contributed by atoms with E-state index in [0.717, 1.165) is 0 Å². The average molecular weight is 169 g/mol. The number of hydrogen-bond acceptors (Lipinski definition) is 3. The van der Waals surface area contributed by atoms with Gasteiger partial charge in [-0.25, -0.2) is 9.78 Å². The van der Waals surface area contributed by atoms with Crippen molar-refractivity contribution in [2.24, 2.45) is 0 Å². The van der Waals surface area contributed by atoms with Gasteiger partial charge in [-0.2, -0.15) is 0 Å². The van der Waals surface area contributed by atoms with E-state index in [1.54, 1.807) is 0 Å². The molecule has 0 bridgehead atoms. The molecule has 0 heterocycles. The molecular formula is C6H13ClO3. The highest BCUT2D eigenvalue weighted by atomic mass is 35.5. The molecule has 0 unspecified atom stereocenters. The lowest BCUT2D eigenvalue weighted by molar-refractivity contribution is -0.379. The molecule has 0 rings (SSSR count). The summed E-state index contributed by atoms with van der Waals surface area (Å²) in [6.45, 7) is 5.72. The molecular weight excluding hydrogens is 156 g/mol. The van der Waals surface area contributed by atoms with Gasteiger partial charge in [0.2, 0.25) is 0 Å². The van der Waals surface area contributed by atoms with Gasteiger partial charge in [-0.05, 0) is 20.8 Å². The zero-order chi connectivity index (χ0) is 8.04. The van der Waals surface area contributed by atoms with Crippen LogP contribution in [0.2, 0.25) is 0 Å². The Bertz CT molecular complexity index is 79.6. The minimum absolute atomic E-state index is 0.0702. The topological polar surface area (TPSA) is 27.7 Å². The van der Waals surface area contributed by atoms with Crippen LogP contribution in [0, 0.1) is 0 Å². The van der Waals surface area contributed by atoms with Crippen LogP contribution in [0.4, 0.5) is 0 Å². The van der Waals surface area contributed by atoms with Crippen LogP contribution in [0.1, 0.15) is 20.8 Å². The van der Waals surface area contributed by atoms with Crippen molar-refractivity contribution >= 4 is 11.6 Å². The van der Waals surface area contributed by atoms with Crippen molar-refractivity contribution < 1.29 is 14.5 Å². The van der Waals surface area contributed by atoms with Crippen molar-refractivity contribution in [2.75, 3.05) is 12.9 Å². The third kappa shape index (κ3) is 8.17. The third-order valence-electron chi connectivity index (χ3n) is 0.518. The molecule has 0 saturated carbocycles. The van der Waals surface area contributed by atoms with Crippen LogP contribution in [-0.2, 0) is 14.5 Å². The second kappa shape index (κ2) is 4.91. The van der Waals surface area contributed by atoms with Gasteiger partial charge in [-0.15, -0.1) is 0 Å². The maximum atomic E-state index is 5.19. The molecule has 0 aliphatic heterocycles. The Morgan fingerprint density at radius 2 is 1.90 bits per heavy atom. The molecule has 3 nitrogen and oxygen atoms in total. The second-order valence-electron chi connectivity index (χ2n) is 2.74. The minimum Gasteiger partial charge on any atom is -0.337 e. The zero-order valence-electron chi connectivity index (χ0n) is 6.52. The lowest BCUT2D eigenvalue weighted by Crippen LogP contribution is -2.20. The maximum Gasteiger partial charge on any atom is 0.182 e.